The summed E-state index contributed by atoms with van der Waals surface area (Å²) in [7, 11) is -13.5. The number of hydrogen-bond donors (Lipinski definition) is 0. The zero-order valence-corrected chi connectivity index (χ0v) is 37.8. The van der Waals surface area contributed by atoms with Crippen LogP contribution in [0.25, 0.3) is 4.13 Å². The number of sulfonamides is 2. The molecule has 0 aliphatic heterocycles. The number of alkyl halides is 6. The Morgan fingerprint density at radius 1 is 0.327 bits per heavy atom. The van der Waals surface area contributed by atoms with Crippen LogP contribution in [0.2, 0.25) is 0 Å². The van der Waals surface area contributed by atoms with Crippen molar-refractivity contribution in [3.8, 4) is 0 Å². The second-order valence-electron chi connectivity index (χ2n) is 15.5. The third-order valence-corrected chi connectivity index (χ3v) is 16.1. The van der Waals surface area contributed by atoms with Gasteiger partial charge in [0.15, 0.2) is 20.0 Å². The Hall–Kier alpha value is -0.130. The highest BCUT2D eigenvalue weighted by molar-refractivity contribution is 8.13. The first-order valence-corrected chi connectivity index (χ1v) is 27.3. The summed E-state index contributed by atoms with van der Waals surface area (Å²) in [4.78, 5) is 0. The fourth-order valence-corrected chi connectivity index (χ4v) is 11.4. The normalized spacial score (nSPS) is 12.7. The van der Waals surface area contributed by atoms with E-state index in [2.05, 4.69) is 20.8 Å². The van der Waals surface area contributed by atoms with E-state index in [1.165, 1.54) is 193 Å². The molecule has 0 spiro atoms. The molecule has 0 saturated carbocycles. The van der Waals surface area contributed by atoms with Crippen molar-refractivity contribution in [2.75, 3.05) is 18.5 Å². The molecule has 0 bridgehead atoms. The van der Waals surface area contributed by atoms with Gasteiger partial charge < -0.3 is 4.13 Å². The maximum absolute atomic E-state index is 11.4. The van der Waals surface area contributed by atoms with E-state index < -0.39 is 31.1 Å². The van der Waals surface area contributed by atoms with Crippen LogP contribution in [0.5, 0.6) is 0 Å². The van der Waals surface area contributed by atoms with Crippen molar-refractivity contribution in [2.24, 2.45) is 0 Å². The summed E-state index contributed by atoms with van der Waals surface area (Å²) in [6.45, 7) is 6.97. The maximum atomic E-state index is 11.4. The van der Waals surface area contributed by atoms with Crippen LogP contribution < -0.4 is 0 Å². The van der Waals surface area contributed by atoms with Crippen molar-refractivity contribution in [1.82, 2.24) is 0 Å². The Morgan fingerprint density at radius 2 is 0.491 bits per heavy atom. The van der Waals surface area contributed by atoms with E-state index in [0.717, 1.165) is 4.13 Å². The van der Waals surface area contributed by atoms with E-state index in [0.29, 0.717) is 0 Å². The third-order valence-electron chi connectivity index (χ3n) is 10.2. The SMILES string of the molecule is CCCCCCCCCCCCC[PH+](CCCCCCCCCCCCC)CCCCCCCCCCCCC.O=S(=O)([N-]S(=O)(=O)C(F)(F)F)C(F)(F)F. The number of rotatable bonds is 38. The fraction of sp³-hybridized carbons (Fsp3) is 1.00. The summed E-state index contributed by atoms with van der Waals surface area (Å²) in [5.74, 6) is 0. The number of nitrogens with zero attached hydrogens (tertiary/aromatic N) is 1. The van der Waals surface area contributed by atoms with Crippen molar-refractivity contribution < 1.29 is 43.2 Å². The zero-order valence-electron chi connectivity index (χ0n) is 35.1. The molecular formula is C41H82F6NO4PS2. The Bertz CT molecular complexity index is 941. The van der Waals surface area contributed by atoms with Gasteiger partial charge in [0.05, 0.1) is 18.5 Å². The standard InChI is InChI=1S/C39H81P.C2F6NO4S2/c1-4-7-10-13-16-19-22-25-28-31-34-37-40(38-35-32-29-26-23-20-17-14-11-8-5-2)39-36-33-30-27-24-21-18-15-12-9-6-3;3-1(4,5)14(10,11)9-15(12,13)2(6,7)8/h4-39H2,1-3H3;/q;-1/p+1. The van der Waals surface area contributed by atoms with Crippen LogP contribution in [0, 0.1) is 0 Å². The summed E-state index contributed by atoms with van der Waals surface area (Å²) in [6, 6.07) is 0. The van der Waals surface area contributed by atoms with Crippen LogP contribution in [0.3, 0.4) is 0 Å². The van der Waals surface area contributed by atoms with Gasteiger partial charge in [0.2, 0.25) is 0 Å². The van der Waals surface area contributed by atoms with E-state index in [9.17, 15) is 43.2 Å². The van der Waals surface area contributed by atoms with Gasteiger partial charge in [-0.25, -0.2) is 16.8 Å². The van der Waals surface area contributed by atoms with Crippen LogP contribution in [0.15, 0.2) is 0 Å². The molecule has 0 radical (unpaired) electrons. The number of hydrogen-bond acceptors (Lipinski definition) is 4. The molecule has 0 fully saturated rings. The second-order valence-corrected chi connectivity index (χ2v) is 21.9. The van der Waals surface area contributed by atoms with Crippen molar-refractivity contribution in [3.05, 3.63) is 4.13 Å². The van der Waals surface area contributed by atoms with Gasteiger partial charge in [0, 0.05) is 7.92 Å². The zero-order chi connectivity index (χ0) is 41.7. The molecule has 0 aliphatic carbocycles. The van der Waals surface area contributed by atoms with Crippen molar-refractivity contribution in [2.45, 2.75) is 244 Å². The molecule has 0 saturated heterocycles. The highest BCUT2D eigenvalue weighted by atomic mass is 32.3. The molecular weight excluding hydrogens is 780 g/mol. The lowest BCUT2D eigenvalue weighted by atomic mass is 10.1. The van der Waals surface area contributed by atoms with Crippen LogP contribution >= 0.6 is 7.92 Å². The van der Waals surface area contributed by atoms with Crippen LogP contribution in [-0.4, -0.2) is 46.3 Å². The molecule has 55 heavy (non-hydrogen) atoms. The topological polar surface area (TPSA) is 82.4 Å². The average Bonchev–Trinajstić information content (AvgIpc) is 3.10. The average molecular weight is 862 g/mol. The molecule has 0 aromatic rings. The van der Waals surface area contributed by atoms with Gasteiger partial charge in [-0.1, -0.05) is 194 Å². The minimum Gasteiger partial charge on any atom is -0.421 e. The molecule has 14 heteroatoms. The highest BCUT2D eigenvalue weighted by Gasteiger charge is 2.47. The van der Waals surface area contributed by atoms with E-state index in [1.807, 2.05) is 0 Å². The highest BCUT2D eigenvalue weighted by Crippen LogP contribution is 2.40. The quantitative estimate of drug-likeness (QED) is 0.0352. The van der Waals surface area contributed by atoms with Gasteiger partial charge in [-0.05, 0) is 38.5 Å². The molecule has 0 atom stereocenters. The van der Waals surface area contributed by atoms with E-state index in [-0.39, 0.29) is 7.92 Å². The van der Waals surface area contributed by atoms with Gasteiger partial charge in [0.25, 0.3) is 0 Å². The van der Waals surface area contributed by atoms with Crippen molar-refractivity contribution >= 4 is 28.0 Å². The Balaban J connectivity index is 0. The van der Waals surface area contributed by atoms with E-state index in [1.54, 1.807) is 37.7 Å². The van der Waals surface area contributed by atoms with Crippen LogP contribution in [0.1, 0.15) is 233 Å². The predicted octanol–water partition coefficient (Wildman–Crippen LogP) is 16.2. The monoisotopic (exact) mass is 862 g/mol. The molecule has 0 aromatic carbocycles. The van der Waals surface area contributed by atoms with Crippen molar-refractivity contribution in [3.63, 3.8) is 0 Å². The fourth-order valence-electron chi connectivity index (χ4n) is 6.71. The summed E-state index contributed by atoms with van der Waals surface area (Å²) in [5.41, 5.74) is -12.4. The molecule has 0 aromatic heterocycles. The summed E-state index contributed by atoms with van der Waals surface area (Å²) in [5, 5.41) is 0. The molecule has 0 heterocycles. The molecule has 0 aliphatic rings. The molecule has 0 rings (SSSR count). The first kappa shape index (κ1) is 57.0. The van der Waals surface area contributed by atoms with E-state index in [4.69, 9.17) is 0 Å². The predicted molar refractivity (Wildman–Crippen MR) is 226 cm³/mol. The first-order valence-electron chi connectivity index (χ1n) is 22.3. The maximum Gasteiger partial charge on any atom is 0.480 e. The van der Waals surface area contributed by atoms with Gasteiger partial charge >= 0.3 is 11.0 Å². The van der Waals surface area contributed by atoms with Gasteiger partial charge in [-0.2, -0.15) is 26.3 Å². The molecule has 0 unspecified atom stereocenters. The van der Waals surface area contributed by atoms with Crippen molar-refractivity contribution in [1.29, 1.82) is 0 Å². The van der Waals surface area contributed by atoms with Gasteiger partial charge in [-0.3, -0.25) is 0 Å². The van der Waals surface area contributed by atoms with Crippen LogP contribution in [0.4, 0.5) is 26.3 Å². The summed E-state index contributed by atoms with van der Waals surface area (Å²) in [6.07, 6.45) is 54.0. The first-order chi connectivity index (χ1) is 26.1. The Kier molecular flexibility index (Phi) is 38.2. The third kappa shape index (κ3) is 36.7. The minimum atomic E-state index is -6.72. The summed E-state index contributed by atoms with van der Waals surface area (Å²) < 4.78 is 109. The Morgan fingerprint density at radius 3 is 0.655 bits per heavy atom. The van der Waals surface area contributed by atoms with Gasteiger partial charge in [-0.15, -0.1) is 0 Å². The Labute approximate surface area is 336 Å². The van der Waals surface area contributed by atoms with E-state index >= 15 is 0 Å². The lowest BCUT2D eigenvalue weighted by Crippen LogP contribution is -2.30. The minimum absolute atomic E-state index is 0.0737. The summed E-state index contributed by atoms with van der Waals surface area (Å²) >= 11 is 0. The molecule has 0 amide bonds. The van der Waals surface area contributed by atoms with Gasteiger partial charge in [0.1, 0.15) is 0 Å². The largest absolute Gasteiger partial charge is 0.480 e. The smallest absolute Gasteiger partial charge is 0.421 e. The molecule has 5 nitrogen and oxygen atoms in total. The number of halogens is 6. The lowest BCUT2D eigenvalue weighted by molar-refractivity contribution is -0.0444. The number of unbranched alkanes of at least 4 members (excludes halogenated alkanes) is 30. The lowest BCUT2D eigenvalue weighted by Gasteiger charge is -2.22. The molecule has 334 valence electrons. The second kappa shape index (κ2) is 36.9. The molecule has 0 N–H and O–H groups in total. The van der Waals surface area contributed by atoms with Crippen LogP contribution in [-0.2, 0) is 20.0 Å².